The predicted molar refractivity (Wildman–Crippen MR) is 69.7 cm³/mol. The fourth-order valence-corrected chi connectivity index (χ4v) is 3.65. The van der Waals surface area contributed by atoms with Gasteiger partial charge in [-0.15, -0.1) is 23.5 Å². The molecule has 5 heteroatoms. The van der Waals surface area contributed by atoms with E-state index in [9.17, 15) is 4.79 Å². The number of ether oxygens (including phenoxy) is 2. The van der Waals surface area contributed by atoms with Gasteiger partial charge in [0.2, 0.25) is 0 Å². The van der Waals surface area contributed by atoms with Gasteiger partial charge in [-0.05, 0) is 26.2 Å². The molecule has 92 valence electrons. The van der Waals surface area contributed by atoms with Crippen molar-refractivity contribution in [3.63, 3.8) is 0 Å². The second-order valence-electron chi connectivity index (χ2n) is 3.27. The van der Waals surface area contributed by atoms with Crippen molar-refractivity contribution in [3.8, 4) is 0 Å². The summed E-state index contributed by atoms with van der Waals surface area (Å²) in [6.45, 7) is 4.85. The zero-order valence-electron chi connectivity index (χ0n) is 9.95. The number of hydrogen-bond donors (Lipinski definition) is 0. The first-order valence-corrected chi connectivity index (χ1v) is 7.57. The lowest BCUT2D eigenvalue weighted by atomic mass is 10.2. The summed E-state index contributed by atoms with van der Waals surface area (Å²) in [5.74, 6) is 1.57. The largest absolute Gasteiger partial charge is 0.498 e. The molecule has 1 unspecified atom stereocenters. The van der Waals surface area contributed by atoms with Crippen LogP contribution in [-0.2, 0) is 14.3 Å². The molecule has 0 amide bonds. The molecule has 16 heavy (non-hydrogen) atoms. The van der Waals surface area contributed by atoms with Gasteiger partial charge in [0, 0.05) is 12.2 Å². The van der Waals surface area contributed by atoms with Gasteiger partial charge in [-0.3, -0.25) is 0 Å². The number of esters is 1. The quantitative estimate of drug-likeness (QED) is 0.712. The van der Waals surface area contributed by atoms with Crippen molar-refractivity contribution in [1.82, 2.24) is 0 Å². The predicted octanol–water partition coefficient (Wildman–Crippen LogP) is 2.67. The molecule has 1 aliphatic heterocycles. The standard InChI is InChI=1S/C11H18O3S2/c1-4-13-9-6-7-16-11(8-9,15-3)10(12)14-5-2/h6H,4-5,7-8H2,1-3H3. The van der Waals surface area contributed by atoms with Gasteiger partial charge in [0.25, 0.3) is 0 Å². The third-order valence-electron chi connectivity index (χ3n) is 2.28. The Kier molecular flexibility index (Phi) is 5.55. The van der Waals surface area contributed by atoms with Crippen molar-refractivity contribution in [2.24, 2.45) is 0 Å². The summed E-state index contributed by atoms with van der Waals surface area (Å²) in [7, 11) is 0. The van der Waals surface area contributed by atoms with Crippen molar-refractivity contribution in [2.75, 3.05) is 25.2 Å². The van der Waals surface area contributed by atoms with E-state index in [1.165, 1.54) is 11.8 Å². The molecule has 0 saturated heterocycles. The fourth-order valence-electron chi connectivity index (χ4n) is 1.50. The minimum atomic E-state index is -0.519. The first-order valence-electron chi connectivity index (χ1n) is 5.36. The lowest BCUT2D eigenvalue weighted by Crippen LogP contribution is -2.36. The molecule has 1 atom stereocenters. The highest BCUT2D eigenvalue weighted by Gasteiger charge is 2.42. The van der Waals surface area contributed by atoms with Gasteiger partial charge < -0.3 is 9.47 Å². The summed E-state index contributed by atoms with van der Waals surface area (Å²) in [5.41, 5.74) is 0. The number of rotatable bonds is 5. The van der Waals surface area contributed by atoms with Crippen LogP contribution in [0.25, 0.3) is 0 Å². The van der Waals surface area contributed by atoms with Crippen LogP contribution in [0.3, 0.4) is 0 Å². The maximum absolute atomic E-state index is 12.0. The average Bonchev–Trinajstić information content (AvgIpc) is 2.30. The Labute approximate surface area is 105 Å². The minimum Gasteiger partial charge on any atom is -0.498 e. The molecule has 1 rings (SSSR count). The van der Waals surface area contributed by atoms with Crippen LogP contribution in [0.2, 0.25) is 0 Å². The summed E-state index contributed by atoms with van der Waals surface area (Å²) >= 11 is 3.16. The molecule has 1 heterocycles. The molecule has 0 bridgehead atoms. The Morgan fingerprint density at radius 1 is 1.56 bits per heavy atom. The van der Waals surface area contributed by atoms with Gasteiger partial charge in [0.15, 0.2) is 4.08 Å². The van der Waals surface area contributed by atoms with Crippen LogP contribution in [0, 0.1) is 0 Å². The third-order valence-corrected chi connectivity index (χ3v) is 5.22. The zero-order chi connectivity index (χ0) is 12.0. The highest BCUT2D eigenvalue weighted by atomic mass is 32.2. The van der Waals surface area contributed by atoms with E-state index in [1.807, 2.05) is 26.2 Å². The van der Waals surface area contributed by atoms with Crippen molar-refractivity contribution >= 4 is 29.5 Å². The molecule has 3 nitrogen and oxygen atoms in total. The molecular formula is C11H18O3S2. The molecule has 0 aromatic rings. The molecule has 0 saturated carbocycles. The normalized spacial score (nSPS) is 24.8. The second kappa shape index (κ2) is 6.45. The van der Waals surface area contributed by atoms with Crippen LogP contribution in [-0.4, -0.2) is 35.3 Å². The van der Waals surface area contributed by atoms with Crippen LogP contribution in [0.15, 0.2) is 11.8 Å². The van der Waals surface area contributed by atoms with Gasteiger partial charge in [0.1, 0.15) is 0 Å². The Balaban J connectivity index is 2.74. The van der Waals surface area contributed by atoms with E-state index in [0.29, 0.717) is 19.6 Å². The maximum Gasteiger partial charge on any atom is 0.332 e. The maximum atomic E-state index is 12.0. The van der Waals surface area contributed by atoms with E-state index in [4.69, 9.17) is 9.47 Å². The van der Waals surface area contributed by atoms with Crippen molar-refractivity contribution in [1.29, 1.82) is 0 Å². The van der Waals surface area contributed by atoms with E-state index in [2.05, 4.69) is 0 Å². The van der Waals surface area contributed by atoms with Gasteiger partial charge in [0.05, 0.1) is 19.0 Å². The monoisotopic (exact) mass is 262 g/mol. The average molecular weight is 262 g/mol. The molecule has 0 spiro atoms. The Hall–Kier alpha value is -0.290. The molecule has 0 aliphatic carbocycles. The summed E-state index contributed by atoms with van der Waals surface area (Å²) in [4.78, 5) is 12.0. The van der Waals surface area contributed by atoms with Crippen LogP contribution in [0.5, 0.6) is 0 Å². The van der Waals surface area contributed by atoms with E-state index in [0.717, 1.165) is 11.5 Å². The van der Waals surface area contributed by atoms with E-state index < -0.39 is 4.08 Å². The highest BCUT2D eigenvalue weighted by Crippen LogP contribution is 2.45. The highest BCUT2D eigenvalue weighted by molar-refractivity contribution is 8.19. The van der Waals surface area contributed by atoms with Crippen molar-refractivity contribution in [3.05, 3.63) is 11.8 Å². The van der Waals surface area contributed by atoms with E-state index in [1.54, 1.807) is 11.8 Å². The summed E-state index contributed by atoms with van der Waals surface area (Å²) in [6, 6.07) is 0. The van der Waals surface area contributed by atoms with Gasteiger partial charge >= 0.3 is 5.97 Å². The number of thioether (sulfide) groups is 2. The summed E-state index contributed by atoms with van der Waals surface area (Å²) in [5, 5.41) is 0. The molecular weight excluding hydrogens is 244 g/mol. The van der Waals surface area contributed by atoms with Crippen molar-refractivity contribution < 1.29 is 14.3 Å². The Morgan fingerprint density at radius 3 is 2.88 bits per heavy atom. The topological polar surface area (TPSA) is 35.5 Å². The van der Waals surface area contributed by atoms with Gasteiger partial charge in [-0.2, -0.15) is 0 Å². The zero-order valence-corrected chi connectivity index (χ0v) is 11.6. The minimum absolute atomic E-state index is 0.141. The molecule has 1 aliphatic rings. The SMILES string of the molecule is CCOC(=O)C1(SC)CC(OCC)=CCS1. The van der Waals surface area contributed by atoms with E-state index >= 15 is 0 Å². The van der Waals surface area contributed by atoms with Crippen LogP contribution in [0.4, 0.5) is 0 Å². The lowest BCUT2D eigenvalue weighted by molar-refractivity contribution is -0.143. The Morgan fingerprint density at radius 2 is 2.31 bits per heavy atom. The molecule has 0 N–H and O–H groups in total. The molecule has 0 aromatic carbocycles. The van der Waals surface area contributed by atoms with Gasteiger partial charge in [-0.25, -0.2) is 4.79 Å². The third kappa shape index (κ3) is 3.10. The smallest absolute Gasteiger partial charge is 0.332 e. The number of allylic oxidation sites excluding steroid dienone is 1. The Bertz CT molecular complexity index is 278. The molecule has 0 aromatic heterocycles. The lowest BCUT2D eigenvalue weighted by Gasteiger charge is -2.32. The molecule has 0 fully saturated rings. The first-order chi connectivity index (χ1) is 7.68. The number of carbonyl (C=O) groups is 1. The van der Waals surface area contributed by atoms with Crippen molar-refractivity contribution in [2.45, 2.75) is 24.3 Å². The van der Waals surface area contributed by atoms with Gasteiger partial charge in [-0.1, -0.05) is 0 Å². The van der Waals surface area contributed by atoms with Crippen LogP contribution >= 0.6 is 23.5 Å². The van der Waals surface area contributed by atoms with E-state index in [-0.39, 0.29) is 5.97 Å². The first kappa shape index (κ1) is 13.8. The molecule has 0 radical (unpaired) electrons. The number of hydrogen-bond acceptors (Lipinski definition) is 5. The number of carbonyl (C=O) groups excluding carboxylic acids is 1. The second-order valence-corrected chi connectivity index (χ2v) is 5.95. The summed E-state index contributed by atoms with van der Waals surface area (Å²) < 4.78 is 10.1. The van der Waals surface area contributed by atoms with Crippen LogP contribution in [0.1, 0.15) is 20.3 Å². The fraction of sp³-hybridized carbons (Fsp3) is 0.727. The summed E-state index contributed by atoms with van der Waals surface area (Å²) in [6.07, 6.45) is 4.60. The van der Waals surface area contributed by atoms with Crippen LogP contribution < -0.4 is 0 Å².